The Morgan fingerprint density at radius 3 is 1.66 bits per heavy atom. The Labute approximate surface area is 199 Å². The van der Waals surface area contributed by atoms with Gasteiger partial charge < -0.3 is 0 Å². The zero-order valence-electron chi connectivity index (χ0n) is 22.0. The molecule has 32 heavy (non-hydrogen) atoms. The molecule has 2 fully saturated rings. The van der Waals surface area contributed by atoms with Gasteiger partial charge in [-0.25, -0.2) is 0 Å². The van der Waals surface area contributed by atoms with Crippen molar-refractivity contribution in [3.05, 3.63) is 60.3 Å². The summed E-state index contributed by atoms with van der Waals surface area (Å²) in [7, 11) is 0. The smallest absolute Gasteiger partial charge is 0.00952 e. The first-order chi connectivity index (χ1) is 15.0. The molecule has 0 heteroatoms. The summed E-state index contributed by atoms with van der Waals surface area (Å²) in [6, 6.07) is 0. The Morgan fingerprint density at radius 1 is 0.781 bits per heavy atom. The van der Waals surface area contributed by atoms with E-state index in [9.17, 15) is 0 Å². The predicted molar refractivity (Wildman–Crippen MR) is 140 cm³/mol. The highest BCUT2D eigenvalue weighted by molar-refractivity contribution is 5.39. The highest BCUT2D eigenvalue weighted by Gasteiger charge is 2.57. The van der Waals surface area contributed by atoms with Crippen LogP contribution in [0.15, 0.2) is 60.3 Å². The predicted octanol–water partition coefficient (Wildman–Crippen LogP) is 9.33. The normalized spacial score (nSPS) is 34.5. The summed E-state index contributed by atoms with van der Waals surface area (Å²) in [6.07, 6.45) is 25.9. The molecule has 0 radical (unpaired) electrons. The van der Waals surface area contributed by atoms with Gasteiger partial charge >= 0.3 is 0 Å². The summed E-state index contributed by atoms with van der Waals surface area (Å²) in [5, 5.41) is 0. The van der Waals surface area contributed by atoms with Crippen molar-refractivity contribution < 1.29 is 0 Å². The van der Waals surface area contributed by atoms with E-state index < -0.39 is 0 Å². The summed E-state index contributed by atoms with van der Waals surface area (Å²) >= 11 is 0. The highest BCUT2D eigenvalue weighted by Crippen LogP contribution is 2.63. The molecule has 0 amide bonds. The van der Waals surface area contributed by atoms with Crippen LogP contribution in [0.5, 0.6) is 0 Å². The van der Waals surface area contributed by atoms with Gasteiger partial charge in [0.1, 0.15) is 0 Å². The van der Waals surface area contributed by atoms with Gasteiger partial charge in [0.25, 0.3) is 0 Å². The maximum atomic E-state index is 4.12. The molecule has 0 spiro atoms. The van der Waals surface area contributed by atoms with Crippen LogP contribution in [0.3, 0.4) is 0 Å². The van der Waals surface area contributed by atoms with Gasteiger partial charge in [0.15, 0.2) is 0 Å². The zero-order chi connectivity index (χ0) is 23.3. The molecule has 5 atom stereocenters. The Hall–Kier alpha value is -1.30. The molecule has 4 rings (SSSR count). The molecule has 0 aromatic rings. The van der Waals surface area contributed by atoms with Crippen molar-refractivity contribution in [2.45, 2.75) is 87.0 Å². The minimum atomic E-state index is 0.215. The van der Waals surface area contributed by atoms with Gasteiger partial charge in [-0.1, -0.05) is 104 Å². The van der Waals surface area contributed by atoms with E-state index in [1.807, 2.05) is 0 Å². The van der Waals surface area contributed by atoms with Gasteiger partial charge in [0, 0.05) is 0 Å². The van der Waals surface area contributed by atoms with E-state index in [2.05, 4.69) is 97.6 Å². The lowest BCUT2D eigenvalue weighted by molar-refractivity contribution is 0.0451. The molecular weight excluding hydrogens is 384 g/mol. The number of hydrogen-bond donors (Lipinski definition) is 0. The molecule has 0 N–H and O–H groups in total. The first kappa shape index (κ1) is 23.8. The molecule has 2 saturated carbocycles. The first-order valence-corrected chi connectivity index (χ1v) is 13.4. The summed E-state index contributed by atoms with van der Waals surface area (Å²) < 4.78 is 0. The van der Waals surface area contributed by atoms with E-state index in [1.165, 1.54) is 32.1 Å². The fraction of sp³-hybridized carbons (Fsp3) is 0.688. The Kier molecular flexibility index (Phi) is 6.32. The largest absolute Gasteiger partial charge is 0.103 e. The molecule has 0 saturated heterocycles. The van der Waals surface area contributed by atoms with Crippen LogP contribution in [-0.2, 0) is 0 Å². The monoisotopic (exact) mass is 432 g/mol. The van der Waals surface area contributed by atoms with Crippen molar-refractivity contribution in [2.75, 3.05) is 0 Å². The van der Waals surface area contributed by atoms with Gasteiger partial charge in [-0.05, 0) is 88.6 Å². The van der Waals surface area contributed by atoms with Crippen molar-refractivity contribution in [3.63, 3.8) is 0 Å². The van der Waals surface area contributed by atoms with Crippen LogP contribution >= 0.6 is 0 Å². The van der Waals surface area contributed by atoms with Crippen molar-refractivity contribution in [1.29, 1.82) is 0 Å². The van der Waals surface area contributed by atoms with E-state index in [-0.39, 0.29) is 10.8 Å². The molecule has 0 heterocycles. The number of allylic oxidation sites excluding steroid dienone is 9. The molecule has 4 aliphatic rings. The zero-order valence-corrected chi connectivity index (χ0v) is 22.0. The van der Waals surface area contributed by atoms with Gasteiger partial charge in [-0.15, -0.1) is 6.58 Å². The molecule has 0 aromatic carbocycles. The lowest BCUT2D eigenvalue weighted by Crippen LogP contribution is -2.40. The third-order valence-electron chi connectivity index (χ3n) is 9.57. The van der Waals surface area contributed by atoms with E-state index >= 15 is 0 Å². The standard InChI is InChI=1S/C32H48/c1-9-10-19-32(8,22-13-11-12-14-22)29-27-20-23(30(2,3)4)15-17-25(27)26-18-16-24(21-28(26)29)31(5,6)7/h9,15-18,20-22,25-29H,1,10-14,19H2,2-8H3. The number of hydrogen-bond acceptors (Lipinski definition) is 0. The Balaban J connectivity index is 1.84. The maximum Gasteiger partial charge on any atom is -0.00952 e. The molecule has 5 unspecified atom stereocenters. The summed E-state index contributed by atoms with van der Waals surface area (Å²) in [6.45, 7) is 21.1. The minimum absolute atomic E-state index is 0.215. The fourth-order valence-corrected chi connectivity index (χ4v) is 7.67. The molecule has 4 aliphatic carbocycles. The minimum Gasteiger partial charge on any atom is -0.103 e. The SMILES string of the molecule is C=CCCC(C)(C1CCCC1)C1C2C=C(C(C)(C)C)C=CC2C2C=CC(C(C)(C)C)=CC21. The van der Waals surface area contributed by atoms with Crippen LogP contribution in [0.1, 0.15) is 87.0 Å². The third-order valence-corrected chi connectivity index (χ3v) is 9.57. The van der Waals surface area contributed by atoms with Crippen LogP contribution in [0.25, 0.3) is 0 Å². The lowest BCUT2D eigenvalue weighted by atomic mass is 9.57. The Morgan fingerprint density at radius 2 is 1.25 bits per heavy atom. The van der Waals surface area contributed by atoms with Gasteiger partial charge in [0.05, 0.1) is 0 Å². The lowest BCUT2D eigenvalue weighted by Gasteiger charge is -2.47. The van der Waals surface area contributed by atoms with Crippen LogP contribution in [0.4, 0.5) is 0 Å². The van der Waals surface area contributed by atoms with Gasteiger partial charge in [-0.3, -0.25) is 0 Å². The number of rotatable bonds is 5. The fourth-order valence-electron chi connectivity index (χ4n) is 7.67. The highest BCUT2D eigenvalue weighted by atomic mass is 14.6. The molecule has 0 nitrogen and oxygen atoms in total. The number of fused-ring (bicyclic) bond motifs is 3. The van der Waals surface area contributed by atoms with Crippen molar-refractivity contribution >= 4 is 0 Å². The average Bonchev–Trinajstić information content (AvgIpc) is 3.36. The van der Waals surface area contributed by atoms with Crippen molar-refractivity contribution in [2.24, 2.45) is 51.8 Å². The third kappa shape index (κ3) is 4.17. The Bertz CT molecular complexity index is 774. The molecular formula is C32H48. The molecule has 0 aliphatic heterocycles. The molecule has 0 bridgehead atoms. The summed E-state index contributed by atoms with van der Waals surface area (Å²) in [4.78, 5) is 0. The second-order valence-corrected chi connectivity index (χ2v) is 13.6. The van der Waals surface area contributed by atoms with E-state index in [1.54, 1.807) is 11.1 Å². The van der Waals surface area contributed by atoms with E-state index in [4.69, 9.17) is 0 Å². The second-order valence-electron chi connectivity index (χ2n) is 13.6. The second kappa shape index (κ2) is 8.48. The molecule has 0 aromatic heterocycles. The van der Waals surface area contributed by atoms with Crippen LogP contribution < -0.4 is 0 Å². The topological polar surface area (TPSA) is 0 Å². The van der Waals surface area contributed by atoms with Gasteiger partial charge in [-0.2, -0.15) is 0 Å². The average molecular weight is 433 g/mol. The van der Waals surface area contributed by atoms with Crippen LogP contribution in [-0.4, -0.2) is 0 Å². The van der Waals surface area contributed by atoms with Gasteiger partial charge in [0.2, 0.25) is 0 Å². The quantitative estimate of drug-likeness (QED) is 0.380. The van der Waals surface area contributed by atoms with E-state index in [0.29, 0.717) is 35.0 Å². The van der Waals surface area contributed by atoms with Crippen LogP contribution in [0.2, 0.25) is 0 Å². The summed E-state index contributed by atoms with van der Waals surface area (Å²) in [5.74, 6) is 4.18. The van der Waals surface area contributed by atoms with E-state index in [0.717, 1.165) is 12.3 Å². The summed E-state index contributed by atoms with van der Waals surface area (Å²) in [5.41, 5.74) is 3.90. The first-order valence-electron chi connectivity index (χ1n) is 13.4. The van der Waals surface area contributed by atoms with Crippen LogP contribution in [0, 0.1) is 51.8 Å². The molecule has 176 valence electrons. The van der Waals surface area contributed by atoms with Crippen molar-refractivity contribution in [3.8, 4) is 0 Å². The van der Waals surface area contributed by atoms with Crippen molar-refractivity contribution in [1.82, 2.24) is 0 Å². The maximum absolute atomic E-state index is 4.12.